The first kappa shape index (κ1) is 22.1. The number of anilines is 1. The highest BCUT2D eigenvalue weighted by atomic mass is 35.5. The molecule has 5 heteroatoms. The van der Waals surface area contributed by atoms with E-state index in [-0.39, 0.29) is 11.6 Å². The Morgan fingerprint density at radius 2 is 1.21 bits per heavy atom. The molecule has 2 heterocycles. The SMILES string of the molecule is O=C(C1=CN(c2ccc(Cl)cc2)C=C(C(=O)c2ccccc2)C1c1cccs1)c1ccccc1. The normalized spacial score (nSPS) is 13.9. The van der Waals surface area contributed by atoms with Gasteiger partial charge in [0.05, 0.1) is 5.92 Å². The molecule has 0 unspecified atom stereocenters. The van der Waals surface area contributed by atoms with Crippen molar-refractivity contribution in [1.29, 1.82) is 0 Å². The molecule has 0 saturated carbocycles. The first-order chi connectivity index (χ1) is 16.6. The maximum Gasteiger partial charge on any atom is 0.191 e. The molecule has 1 aliphatic rings. The second-order valence-electron chi connectivity index (χ2n) is 7.89. The molecule has 0 atom stereocenters. The van der Waals surface area contributed by atoms with Gasteiger partial charge in [-0.2, -0.15) is 0 Å². The minimum Gasteiger partial charge on any atom is -0.323 e. The Morgan fingerprint density at radius 3 is 1.68 bits per heavy atom. The van der Waals surface area contributed by atoms with Gasteiger partial charge in [-0.25, -0.2) is 0 Å². The summed E-state index contributed by atoms with van der Waals surface area (Å²) in [5.41, 5.74) is 3.07. The van der Waals surface area contributed by atoms with Crippen molar-refractivity contribution in [3.8, 4) is 0 Å². The molecular weight excluding hydrogens is 462 g/mol. The molecule has 1 aromatic heterocycles. The fourth-order valence-corrected chi connectivity index (χ4v) is 5.06. The van der Waals surface area contributed by atoms with Crippen LogP contribution in [0.2, 0.25) is 5.02 Å². The van der Waals surface area contributed by atoms with Crippen molar-refractivity contribution in [2.24, 2.45) is 0 Å². The van der Waals surface area contributed by atoms with Gasteiger partial charge in [0.2, 0.25) is 0 Å². The van der Waals surface area contributed by atoms with Crippen molar-refractivity contribution in [1.82, 2.24) is 0 Å². The molecule has 0 radical (unpaired) electrons. The van der Waals surface area contributed by atoms with E-state index < -0.39 is 5.92 Å². The van der Waals surface area contributed by atoms with Crippen LogP contribution in [0.4, 0.5) is 5.69 Å². The van der Waals surface area contributed by atoms with Crippen LogP contribution < -0.4 is 4.90 Å². The Labute approximate surface area is 207 Å². The third-order valence-corrected chi connectivity index (χ3v) is 6.92. The van der Waals surface area contributed by atoms with Gasteiger partial charge in [-0.3, -0.25) is 9.59 Å². The highest BCUT2D eigenvalue weighted by molar-refractivity contribution is 7.10. The zero-order valence-corrected chi connectivity index (χ0v) is 19.7. The van der Waals surface area contributed by atoms with Crippen LogP contribution in [-0.4, -0.2) is 11.6 Å². The fourth-order valence-electron chi connectivity index (χ4n) is 4.07. The number of carbonyl (C=O) groups is 2. The summed E-state index contributed by atoms with van der Waals surface area (Å²) in [6.07, 6.45) is 3.68. The van der Waals surface area contributed by atoms with Crippen LogP contribution in [-0.2, 0) is 0 Å². The van der Waals surface area contributed by atoms with Gasteiger partial charge in [0.1, 0.15) is 0 Å². The number of Topliss-reactive ketones (excluding diaryl/α,β-unsaturated/α-hetero) is 2. The van der Waals surface area contributed by atoms with Gasteiger partial charge in [-0.05, 0) is 35.7 Å². The topological polar surface area (TPSA) is 37.4 Å². The van der Waals surface area contributed by atoms with Crippen molar-refractivity contribution in [2.45, 2.75) is 5.92 Å². The number of nitrogens with zero attached hydrogens (tertiary/aromatic N) is 1. The lowest BCUT2D eigenvalue weighted by Crippen LogP contribution is -2.27. The Bertz CT molecular complexity index is 1310. The molecule has 3 aromatic carbocycles. The summed E-state index contributed by atoms with van der Waals surface area (Å²) in [6.45, 7) is 0. The summed E-state index contributed by atoms with van der Waals surface area (Å²) in [6, 6.07) is 29.6. The lowest BCUT2D eigenvalue weighted by molar-refractivity contribution is 0.101. The van der Waals surface area contributed by atoms with E-state index in [2.05, 4.69) is 0 Å². The minimum atomic E-state index is -0.469. The molecular formula is C29H20ClNO2S. The molecule has 0 fully saturated rings. The quantitative estimate of drug-likeness (QED) is 0.267. The zero-order valence-electron chi connectivity index (χ0n) is 18.1. The molecule has 1 aliphatic heterocycles. The number of hydrogen-bond acceptors (Lipinski definition) is 4. The van der Waals surface area contributed by atoms with Crippen molar-refractivity contribution in [3.05, 3.63) is 147 Å². The van der Waals surface area contributed by atoms with Crippen LogP contribution in [0.15, 0.2) is 126 Å². The number of benzene rings is 3. The largest absolute Gasteiger partial charge is 0.323 e. The number of allylic oxidation sites excluding steroid dienone is 2. The molecule has 34 heavy (non-hydrogen) atoms. The van der Waals surface area contributed by atoms with Gasteiger partial charge in [0.15, 0.2) is 11.6 Å². The van der Waals surface area contributed by atoms with E-state index in [9.17, 15) is 9.59 Å². The summed E-state index contributed by atoms with van der Waals surface area (Å²) in [5, 5.41) is 2.59. The summed E-state index contributed by atoms with van der Waals surface area (Å²) < 4.78 is 0. The molecule has 0 N–H and O–H groups in total. The van der Waals surface area contributed by atoms with Crippen molar-refractivity contribution in [3.63, 3.8) is 0 Å². The lowest BCUT2D eigenvalue weighted by Gasteiger charge is -2.30. The van der Waals surface area contributed by atoms with Gasteiger partial charge in [-0.15, -0.1) is 11.3 Å². The Balaban J connectivity index is 1.69. The monoisotopic (exact) mass is 481 g/mol. The standard InChI is InChI=1S/C29H20ClNO2S/c30-22-13-15-23(16-14-22)31-18-24(28(32)20-8-3-1-4-9-20)27(26-12-7-17-34-26)25(19-31)29(33)21-10-5-2-6-11-21/h1-19,27H. The van der Waals surface area contributed by atoms with E-state index in [1.54, 1.807) is 36.4 Å². The molecule has 4 aromatic rings. The fraction of sp³-hybridized carbons (Fsp3) is 0.0345. The van der Waals surface area contributed by atoms with Crippen molar-refractivity contribution >= 4 is 40.2 Å². The Hall–Kier alpha value is -3.73. The predicted molar refractivity (Wildman–Crippen MR) is 139 cm³/mol. The molecule has 0 saturated heterocycles. The van der Waals surface area contributed by atoms with Crippen LogP contribution in [0.5, 0.6) is 0 Å². The van der Waals surface area contributed by atoms with E-state index in [0.29, 0.717) is 27.3 Å². The van der Waals surface area contributed by atoms with Crippen LogP contribution in [0.3, 0.4) is 0 Å². The smallest absolute Gasteiger partial charge is 0.191 e. The molecule has 166 valence electrons. The minimum absolute atomic E-state index is 0.107. The maximum atomic E-state index is 13.8. The highest BCUT2D eigenvalue weighted by Gasteiger charge is 2.35. The second-order valence-corrected chi connectivity index (χ2v) is 9.31. The van der Waals surface area contributed by atoms with Crippen LogP contribution >= 0.6 is 22.9 Å². The van der Waals surface area contributed by atoms with Gasteiger partial charge < -0.3 is 4.90 Å². The average Bonchev–Trinajstić information content (AvgIpc) is 3.43. The number of carbonyl (C=O) groups excluding carboxylic acids is 2. The van der Waals surface area contributed by atoms with E-state index in [4.69, 9.17) is 11.6 Å². The first-order valence-corrected chi connectivity index (χ1v) is 12.1. The van der Waals surface area contributed by atoms with E-state index >= 15 is 0 Å². The van der Waals surface area contributed by atoms with Gasteiger partial charge >= 0.3 is 0 Å². The summed E-state index contributed by atoms with van der Waals surface area (Å²) in [7, 11) is 0. The zero-order chi connectivity index (χ0) is 23.5. The number of rotatable bonds is 6. The number of ketones is 2. The van der Waals surface area contributed by atoms with Crippen LogP contribution in [0.25, 0.3) is 0 Å². The van der Waals surface area contributed by atoms with E-state index in [1.165, 1.54) is 11.3 Å². The molecule has 0 spiro atoms. The molecule has 3 nitrogen and oxygen atoms in total. The second kappa shape index (κ2) is 9.64. The molecule has 5 rings (SSSR count). The van der Waals surface area contributed by atoms with Crippen molar-refractivity contribution < 1.29 is 9.59 Å². The van der Waals surface area contributed by atoms with Crippen LogP contribution in [0, 0.1) is 0 Å². The van der Waals surface area contributed by atoms with Crippen LogP contribution in [0.1, 0.15) is 31.5 Å². The highest BCUT2D eigenvalue weighted by Crippen LogP contribution is 2.41. The van der Waals surface area contributed by atoms with E-state index in [1.807, 2.05) is 83.3 Å². The van der Waals surface area contributed by atoms with Gasteiger partial charge in [0, 0.05) is 50.3 Å². The molecule has 0 amide bonds. The van der Waals surface area contributed by atoms with E-state index in [0.717, 1.165) is 10.6 Å². The average molecular weight is 482 g/mol. The van der Waals surface area contributed by atoms with Gasteiger partial charge in [-0.1, -0.05) is 78.3 Å². The third kappa shape index (κ3) is 4.38. The van der Waals surface area contributed by atoms with Crippen molar-refractivity contribution in [2.75, 3.05) is 4.90 Å². The lowest BCUT2D eigenvalue weighted by atomic mass is 9.81. The number of thiophene rings is 1. The summed E-state index contributed by atoms with van der Waals surface area (Å²) in [5.74, 6) is -0.683. The Kier molecular flexibility index (Phi) is 6.26. The molecule has 0 bridgehead atoms. The number of hydrogen-bond donors (Lipinski definition) is 0. The summed E-state index contributed by atoms with van der Waals surface area (Å²) >= 11 is 7.64. The maximum absolute atomic E-state index is 13.8. The predicted octanol–water partition coefficient (Wildman–Crippen LogP) is 7.54. The third-order valence-electron chi connectivity index (χ3n) is 5.73. The summed E-state index contributed by atoms with van der Waals surface area (Å²) in [4.78, 5) is 30.4. The Morgan fingerprint density at radius 1 is 0.676 bits per heavy atom. The number of halogens is 1. The first-order valence-electron chi connectivity index (χ1n) is 10.8. The molecule has 0 aliphatic carbocycles. The van der Waals surface area contributed by atoms with Gasteiger partial charge in [0.25, 0.3) is 0 Å².